The monoisotopic (exact) mass is 377 g/mol. The molecule has 0 bridgehead atoms. The van der Waals surface area contributed by atoms with Gasteiger partial charge < -0.3 is 15.4 Å². The first kappa shape index (κ1) is 17.3. The maximum Gasteiger partial charge on any atom is 0.220 e. The zero-order chi connectivity index (χ0) is 18.3. The van der Waals surface area contributed by atoms with Gasteiger partial charge >= 0.3 is 0 Å². The topological polar surface area (TPSA) is 70.7 Å². The second-order valence-electron chi connectivity index (χ2n) is 6.46. The Morgan fingerprint density at radius 1 is 1.08 bits per heavy atom. The van der Waals surface area contributed by atoms with Crippen molar-refractivity contribution in [2.45, 2.75) is 12.2 Å². The summed E-state index contributed by atoms with van der Waals surface area (Å²) in [5.41, 5.74) is 1.81. The highest BCUT2D eigenvalue weighted by molar-refractivity contribution is 7.89. The molecule has 2 heterocycles. The third-order valence-corrected chi connectivity index (χ3v) is 7.04. The lowest BCUT2D eigenvalue weighted by Crippen LogP contribution is -2.47. The molecule has 1 saturated heterocycles. The maximum absolute atomic E-state index is 13.5. The largest absolute Gasteiger partial charge is 0.453 e. The predicted molar refractivity (Wildman–Crippen MR) is 98.0 cm³/mol. The molecule has 4 rings (SSSR count). The highest BCUT2D eigenvalue weighted by Gasteiger charge is 2.31. The van der Waals surface area contributed by atoms with Crippen molar-refractivity contribution in [2.75, 3.05) is 31.5 Å². The molecule has 1 atom stereocenters. The zero-order valence-electron chi connectivity index (χ0n) is 14.3. The Morgan fingerprint density at radius 3 is 2.46 bits per heavy atom. The van der Waals surface area contributed by atoms with Crippen LogP contribution in [0.15, 0.2) is 36.4 Å². The van der Waals surface area contributed by atoms with Gasteiger partial charge in [-0.3, -0.25) is 0 Å². The molecule has 138 valence electrons. The smallest absolute Gasteiger partial charge is 0.220 e. The normalized spacial score (nSPS) is 18.2. The summed E-state index contributed by atoms with van der Waals surface area (Å²) in [6, 6.07) is 9.51. The Bertz CT molecular complexity index is 943. The van der Waals surface area contributed by atoms with Crippen molar-refractivity contribution in [3.63, 3.8) is 0 Å². The molecule has 8 heteroatoms. The molecule has 0 aliphatic carbocycles. The van der Waals surface area contributed by atoms with Crippen LogP contribution in [0.4, 0.5) is 15.8 Å². The van der Waals surface area contributed by atoms with Crippen LogP contribution >= 0.6 is 0 Å². The van der Waals surface area contributed by atoms with Gasteiger partial charge in [-0.1, -0.05) is 6.07 Å². The molecule has 1 fully saturated rings. The number of rotatable bonds is 3. The summed E-state index contributed by atoms with van der Waals surface area (Å²) in [4.78, 5) is 0. The molecule has 0 saturated carbocycles. The maximum atomic E-state index is 13.5. The van der Waals surface area contributed by atoms with Gasteiger partial charge in [0.25, 0.3) is 0 Å². The molecule has 6 nitrogen and oxygen atoms in total. The molecular formula is C18H20FN3O3S. The number of nitrogens with one attached hydrogen (secondary N) is 2. The fourth-order valence-electron chi connectivity index (χ4n) is 3.23. The van der Waals surface area contributed by atoms with Crippen LogP contribution in [-0.4, -0.2) is 38.9 Å². The third-order valence-electron chi connectivity index (χ3n) is 4.79. The zero-order valence-corrected chi connectivity index (χ0v) is 15.1. The van der Waals surface area contributed by atoms with Crippen molar-refractivity contribution in [1.82, 2.24) is 9.62 Å². The third kappa shape index (κ3) is 3.04. The first-order chi connectivity index (χ1) is 12.4. The van der Waals surface area contributed by atoms with Gasteiger partial charge in [-0.05, 0) is 36.8 Å². The fraction of sp³-hybridized carbons (Fsp3) is 0.333. The number of hydrogen-bond donors (Lipinski definition) is 2. The average molecular weight is 377 g/mol. The summed E-state index contributed by atoms with van der Waals surface area (Å²) < 4.78 is 46.5. The number of anilines is 2. The van der Waals surface area contributed by atoms with E-state index in [1.54, 1.807) is 31.2 Å². The Balaban J connectivity index is 1.62. The van der Waals surface area contributed by atoms with Crippen molar-refractivity contribution in [2.24, 2.45) is 0 Å². The van der Waals surface area contributed by atoms with E-state index in [4.69, 9.17) is 4.74 Å². The number of benzene rings is 2. The SMILES string of the molecule is CC(c1ccc2c(c1)Nc1cc(F)ccc1O2)S(=O)(=O)N1CCNCC1. The van der Waals surface area contributed by atoms with Gasteiger partial charge in [-0.25, -0.2) is 12.8 Å². The van der Waals surface area contributed by atoms with Crippen LogP contribution in [0.25, 0.3) is 0 Å². The van der Waals surface area contributed by atoms with Crippen LogP contribution in [0, 0.1) is 5.82 Å². The van der Waals surface area contributed by atoms with E-state index in [1.807, 2.05) is 0 Å². The lowest BCUT2D eigenvalue weighted by atomic mass is 10.1. The number of hydrogen-bond acceptors (Lipinski definition) is 5. The fourth-order valence-corrected chi connectivity index (χ4v) is 4.86. The minimum atomic E-state index is -3.44. The molecule has 2 aromatic carbocycles. The van der Waals surface area contributed by atoms with Gasteiger partial charge in [0.05, 0.1) is 16.6 Å². The van der Waals surface area contributed by atoms with E-state index >= 15 is 0 Å². The minimum Gasteiger partial charge on any atom is -0.453 e. The average Bonchev–Trinajstić information content (AvgIpc) is 2.66. The van der Waals surface area contributed by atoms with Gasteiger partial charge in [0, 0.05) is 32.2 Å². The van der Waals surface area contributed by atoms with Crippen LogP contribution in [-0.2, 0) is 10.0 Å². The van der Waals surface area contributed by atoms with Crippen molar-refractivity contribution in [1.29, 1.82) is 0 Å². The van der Waals surface area contributed by atoms with Crippen LogP contribution < -0.4 is 15.4 Å². The lowest BCUT2D eigenvalue weighted by Gasteiger charge is -2.30. The van der Waals surface area contributed by atoms with Gasteiger partial charge in [0.1, 0.15) is 5.82 Å². The van der Waals surface area contributed by atoms with Crippen LogP contribution in [0.1, 0.15) is 17.7 Å². The Kier molecular flexibility index (Phi) is 4.34. The Labute approximate surface area is 152 Å². The molecule has 1 unspecified atom stereocenters. The number of halogens is 1. The standard InChI is InChI=1S/C18H20FN3O3S/c1-12(26(23,24)22-8-6-20-7-9-22)13-2-4-17-15(10-13)21-16-11-14(19)3-5-18(16)25-17/h2-5,10-12,20-21H,6-9H2,1H3. The molecule has 0 spiro atoms. The molecule has 2 aliphatic rings. The van der Waals surface area contributed by atoms with Crippen molar-refractivity contribution in [3.05, 3.63) is 47.8 Å². The van der Waals surface area contributed by atoms with E-state index in [2.05, 4.69) is 10.6 Å². The van der Waals surface area contributed by atoms with Crippen molar-refractivity contribution in [3.8, 4) is 11.5 Å². The summed E-state index contributed by atoms with van der Waals surface area (Å²) in [6.45, 7) is 3.97. The first-order valence-corrected chi connectivity index (χ1v) is 10.0. The second kappa shape index (κ2) is 6.53. The van der Waals surface area contributed by atoms with Gasteiger partial charge in [-0.15, -0.1) is 0 Å². The van der Waals surface area contributed by atoms with E-state index in [1.165, 1.54) is 16.4 Å². The van der Waals surface area contributed by atoms with Crippen molar-refractivity contribution < 1.29 is 17.5 Å². The Hall–Kier alpha value is -2.16. The minimum absolute atomic E-state index is 0.367. The highest BCUT2D eigenvalue weighted by Crippen LogP contribution is 2.43. The summed E-state index contributed by atoms with van der Waals surface area (Å²) in [7, 11) is -3.44. The number of sulfonamides is 1. The van der Waals surface area contributed by atoms with Crippen molar-refractivity contribution >= 4 is 21.4 Å². The van der Waals surface area contributed by atoms with E-state index in [9.17, 15) is 12.8 Å². The number of nitrogens with zero attached hydrogens (tertiary/aromatic N) is 1. The molecule has 2 aliphatic heterocycles. The van der Waals surface area contributed by atoms with Gasteiger partial charge in [0.2, 0.25) is 10.0 Å². The quantitative estimate of drug-likeness (QED) is 0.734. The van der Waals surface area contributed by atoms with E-state index in [-0.39, 0.29) is 5.82 Å². The number of fused-ring (bicyclic) bond motifs is 2. The summed E-state index contributed by atoms with van der Waals surface area (Å²) in [5, 5.41) is 5.60. The molecule has 2 N–H and O–H groups in total. The summed E-state index contributed by atoms with van der Waals surface area (Å²) >= 11 is 0. The van der Waals surface area contributed by atoms with Crippen LogP contribution in [0.5, 0.6) is 11.5 Å². The van der Waals surface area contributed by atoms with Crippen LogP contribution in [0.3, 0.4) is 0 Å². The predicted octanol–water partition coefficient (Wildman–Crippen LogP) is 2.97. The molecule has 0 radical (unpaired) electrons. The first-order valence-electron chi connectivity index (χ1n) is 8.53. The molecule has 26 heavy (non-hydrogen) atoms. The molecule has 2 aromatic rings. The van der Waals surface area contributed by atoms with E-state index in [0.717, 1.165) is 0 Å². The Morgan fingerprint density at radius 2 is 1.73 bits per heavy atom. The molecular weight excluding hydrogens is 357 g/mol. The number of piperazine rings is 1. The highest BCUT2D eigenvalue weighted by atomic mass is 32.2. The second-order valence-corrected chi connectivity index (χ2v) is 8.71. The van der Waals surface area contributed by atoms with Gasteiger partial charge in [0.15, 0.2) is 11.5 Å². The number of ether oxygens (including phenoxy) is 1. The lowest BCUT2D eigenvalue weighted by molar-refractivity contribution is 0.356. The summed E-state index contributed by atoms with van der Waals surface area (Å²) in [6.07, 6.45) is 0. The molecule has 0 amide bonds. The molecule has 0 aromatic heterocycles. The van der Waals surface area contributed by atoms with E-state index in [0.29, 0.717) is 54.6 Å². The van der Waals surface area contributed by atoms with Gasteiger partial charge in [-0.2, -0.15) is 4.31 Å². The summed E-state index contributed by atoms with van der Waals surface area (Å²) in [5.74, 6) is 0.752. The van der Waals surface area contributed by atoms with Crippen LogP contribution in [0.2, 0.25) is 0 Å². The van der Waals surface area contributed by atoms with E-state index < -0.39 is 15.3 Å².